The van der Waals surface area contributed by atoms with Gasteiger partial charge >= 0.3 is 0 Å². The number of aromatic nitrogens is 3. The second-order valence-corrected chi connectivity index (χ2v) is 18.7. The van der Waals surface area contributed by atoms with Crippen molar-refractivity contribution in [3.05, 3.63) is 74.9 Å². The Morgan fingerprint density at radius 2 is 1.77 bits per heavy atom. The summed E-state index contributed by atoms with van der Waals surface area (Å²) >= 11 is 6.60. The molecule has 5 aliphatic rings. The number of amides is 4. The number of rotatable bonds is 12. The molecule has 0 radical (unpaired) electrons. The van der Waals surface area contributed by atoms with Crippen LogP contribution in [0, 0.1) is 5.82 Å². The van der Waals surface area contributed by atoms with E-state index in [1.807, 2.05) is 32.0 Å². The van der Waals surface area contributed by atoms with Gasteiger partial charge in [-0.1, -0.05) is 11.6 Å². The number of ether oxygens (including phenoxy) is 2. The van der Waals surface area contributed by atoms with Crippen LogP contribution in [0.2, 0.25) is 5.02 Å². The van der Waals surface area contributed by atoms with Crippen molar-refractivity contribution >= 4 is 69.3 Å². The van der Waals surface area contributed by atoms with E-state index >= 15 is 4.39 Å². The molecule has 17 nitrogen and oxygen atoms in total. The van der Waals surface area contributed by atoms with Gasteiger partial charge in [-0.2, -0.15) is 4.98 Å². The van der Waals surface area contributed by atoms with Crippen molar-refractivity contribution in [2.45, 2.75) is 109 Å². The van der Waals surface area contributed by atoms with Gasteiger partial charge < -0.3 is 39.4 Å². The second kappa shape index (κ2) is 18.4. The summed E-state index contributed by atoms with van der Waals surface area (Å²) in [6, 6.07) is 9.46. The molecule has 4 aromatic rings. The monoisotopic (exact) mass is 926 g/mol. The molecule has 2 aromatic heterocycles. The number of halogens is 2. The maximum absolute atomic E-state index is 16.4. The molecule has 1 saturated carbocycles. The van der Waals surface area contributed by atoms with E-state index < -0.39 is 23.8 Å². The van der Waals surface area contributed by atoms with Crippen molar-refractivity contribution in [3.63, 3.8) is 0 Å². The number of benzene rings is 2. The third-order valence-electron chi connectivity index (χ3n) is 13.8. The number of nitrogens with one attached hydrogen (secondary N) is 3. The van der Waals surface area contributed by atoms with Crippen LogP contribution < -0.4 is 36.0 Å². The van der Waals surface area contributed by atoms with Gasteiger partial charge in [-0.25, -0.2) is 9.37 Å². The second-order valence-electron chi connectivity index (χ2n) is 18.3. The summed E-state index contributed by atoms with van der Waals surface area (Å²) in [6.45, 7) is 11.1. The molecule has 0 unspecified atom stereocenters. The molecule has 4 aliphatic heterocycles. The number of anilines is 4. The molecule has 19 heteroatoms. The summed E-state index contributed by atoms with van der Waals surface area (Å²) in [5, 5.41) is 9.25. The van der Waals surface area contributed by atoms with E-state index in [1.54, 1.807) is 35.9 Å². The molecule has 3 atom stereocenters. The molecule has 4 amide bonds. The number of likely N-dealkylation sites (N-methyl/N-ethyl adjacent to an activating group) is 1. The van der Waals surface area contributed by atoms with E-state index in [1.165, 1.54) is 11.9 Å². The number of hydrogen-bond donors (Lipinski definition) is 3. The first kappa shape index (κ1) is 45.3. The molecule has 350 valence electrons. The van der Waals surface area contributed by atoms with E-state index in [0.29, 0.717) is 46.3 Å². The van der Waals surface area contributed by atoms with E-state index in [0.717, 1.165) is 62.8 Å². The lowest BCUT2D eigenvalue weighted by Crippen LogP contribution is -2.59. The molecule has 6 heterocycles. The highest BCUT2D eigenvalue weighted by atomic mass is 35.5. The fourth-order valence-corrected chi connectivity index (χ4v) is 10.4. The molecule has 9 rings (SSSR count). The minimum absolute atomic E-state index is 0.0356. The normalized spacial score (nSPS) is 23.8. The lowest BCUT2D eigenvalue weighted by molar-refractivity contribution is -0.137. The van der Waals surface area contributed by atoms with Crippen molar-refractivity contribution in [1.29, 1.82) is 0 Å². The quantitative estimate of drug-likeness (QED) is 0.160. The first-order valence-electron chi connectivity index (χ1n) is 22.9. The Kier molecular flexibility index (Phi) is 12.7. The summed E-state index contributed by atoms with van der Waals surface area (Å²) in [6.07, 6.45) is 5.82. The molecule has 0 bridgehead atoms. The zero-order chi connectivity index (χ0) is 46.6. The summed E-state index contributed by atoms with van der Waals surface area (Å²) < 4.78 is 30.3. The average molecular weight is 927 g/mol. The Morgan fingerprint density at radius 3 is 2.48 bits per heavy atom. The predicted molar refractivity (Wildman–Crippen MR) is 247 cm³/mol. The Hall–Kier alpha value is -5.85. The average Bonchev–Trinajstić information content (AvgIpc) is 3.53. The molecule has 4 fully saturated rings. The zero-order valence-electron chi connectivity index (χ0n) is 37.8. The number of piperazine rings is 1. The zero-order valence-corrected chi connectivity index (χ0v) is 38.6. The van der Waals surface area contributed by atoms with Gasteiger partial charge in [-0.15, -0.1) is 0 Å². The lowest BCUT2D eigenvalue weighted by Gasteiger charge is -2.49. The molecule has 0 spiro atoms. The van der Waals surface area contributed by atoms with Gasteiger partial charge in [0.1, 0.15) is 11.1 Å². The van der Waals surface area contributed by atoms with Gasteiger partial charge in [-0.3, -0.25) is 34.2 Å². The summed E-state index contributed by atoms with van der Waals surface area (Å²) in [5.74, 6) is -0.924. The van der Waals surface area contributed by atoms with Crippen LogP contribution in [0.3, 0.4) is 0 Å². The fraction of sp³-hybridized carbons (Fsp3) is 0.511. The minimum Gasteiger partial charge on any atom is -0.478 e. The molecular formula is C47H56ClFN10O7. The van der Waals surface area contributed by atoms with Crippen LogP contribution >= 0.6 is 11.6 Å². The number of nitrogens with zero attached hydrogens (tertiary/aromatic N) is 7. The van der Waals surface area contributed by atoms with Crippen LogP contribution in [0.5, 0.6) is 5.75 Å². The fourth-order valence-electron chi connectivity index (χ4n) is 10.3. The van der Waals surface area contributed by atoms with Crippen molar-refractivity contribution in [1.82, 2.24) is 35.0 Å². The highest BCUT2D eigenvalue weighted by Gasteiger charge is 2.46. The van der Waals surface area contributed by atoms with Crippen molar-refractivity contribution < 1.29 is 33.0 Å². The number of pyridine rings is 1. The van der Waals surface area contributed by atoms with E-state index in [-0.39, 0.29) is 78.3 Å². The number of imide groups is 1. The standard InChI is InChI=1S/C47H56ClFN10O7/c1-25(2)58-35-8-6-29(18-28(35)19-38(46(58)64)65-24-40(61)50-5)52-43-34(48)22-51-47(54-43)55-14-12-31(13-15-55)66-32-20-30(21-32)56-16-17-57(26(3)23-56)36-9-7-33-41(42(36)49)27(4)59(45(33)63)37-10-11-39(60)53-44(37)62/h6-9,18-19,22,25-27,30-32,37H,10-17,20-21,23-24H2,1-5H3,(H,50,61)(H,51,52,54)(H,53,60,62)/t26-,27-,30?,32?,37+/m1/s1. The Balaban J connectivity index is 0.762. The molecule has 3 N–H and O–H groups in total. The lowest BCUT2D eigenvalue weighted by atomic mass is 9.86. The number of carbonyl (C=O) groups excluding carboxylic acids is 4. The van der Waals surface area contributed by atoms with Gasteiger partial charge in [0.15, 0.2) is 24.0 Å². The maximum Gasteiger partial charge on any atom is 0.293 e. The number of piperidine rings is 2. The number of hydrogen-bond acceptors (Lipinski definition) is 13. The Morgan fingerprint density at radius 1 is 1.00 bits per heavy atom. The highest BCUT2D eigenvalue weighted by molar-refractivity contribution is 6.33. The predicted octanol–water partition coefficient (Wildman–Crippen LogP) is 5.08. The van der Waals surface area contributed by atoms with Crippen molar-refractivity contribution in [2.24, 2.45) is 0 Å². The number of carbonyl (C=O) groups is 4. The summed E-state index contributed by atoms with van der Waals surface area (Å²) in [4.78, 5) is 80.4. The molecule has 1 aliphatic carbocycles. The molecule has 66 heavy (non-hydrogen) atoms. The third kappa shape index (κ3) is 8.65. The largest absolute Gasteiger partial charge is 0.478 e. The SMILES string of the molecule is CNC(=O)COc1cc2cc(Nc3nc(N4CCC(OC5CC(N6CCN(c7ccc8c(c7F)[C@@H](C)N([C@H]7CCC(=O)NC7=O)C8=O)[C@H](C)C6)C5)CC4)ncc3Cl)ccc2n(C(C)C)c1=O. The summed E-state index contributed by atoms with van der Waals surface area (Å²) in [7, 11) is 1.51. The van der Waals surface area contributed by atoms with E-state index in [9.17, 15) is 24.0 Å². The summed E-state index contributed by atoms with van der Waals surface area (Å²) in [5.41, 5.74) is 2.16. The van der Waals surface area contributed by atoms with Gasteiger partial charge in [-0.05, 0) is 96.2 Å². The van der Waals surface area contributed by atoms with Crippen LogP contribution in [0.1, 0.15) is 94.2 Å². The smallest absolute Gasteiger partial charge is 0.293 e. The minimum atomic E-state index is -0.811. The third-order valence-corrected chi connectivity index (χ3v) is 14.1. The Labute approximate surface area is 386 Å². The van der Waals surface area contributed by atoms with Crippen LogP contribution in [-0.2, 0) is 19.1 Å². The number of fused-ring (bicyclic) bond motifs is 2. The molecule has 3 saturated heterocycles. The first-order valence-corrected chi connectivity index (χ1v) is 23.3. The Bertz CT molecular complexity index is 2630. The van der Waals surface area contributed by atoms with Crippen molar-refractivity contribution in [3.8, 4) is 5.75 Å². The van der Waals surface area contributed by atoms with Gasteiger partial charge in [0.2, 0.25) is 17.8 Å². The molecule has 2 aromatic carbocycles. The topological polar surface area (TPSA) is 184 Å². The van der Waals surface area contributed by atoms with Crippen LogP contribution in [0.15, 0.2) is 47.4 Å². The first-order chi connectivity index (χ1) is 31.7. The van der Waals surface area contributed by atoms with E-state index in [2.05, 4.69) is 42.6 Å². The molecular weight excluding hydrogens is 871 g/mol. The van der Waals surface area contributed by atoms with Crippen LogP contribution in [0.4, 0.5) is 27.5 Å². The van der Waals surface area contributed by atoms with Crippen LogP contribution in [-0.4, -0.2) is 125 Å². The van der Waals surface area contributed by atoms with Gasteiger partial charge in [0.05, 0.1) is 35.7 Å². The van der Waals surface area contributed by atoms with Gasteiger partial charge in [0.25, 0.3) is 17.4 Å². The maximum atomic E-state index is 16.4. The van der Waals surface area contributed by atoms with Gasteiger partial charge in [0, 0.05) is 86.5 Å². The van der Waals surface area contributed by atoms with Crippen molar-refractivity contribution in [2.75, 3.05) is 61.5 Å². The van der Waals surface area contributed by atoms with E-state index in [4.69, 9.17) is 26.1 Å². The van der Waals surface area contributed by atoms with Crippen LogP contribution in [0.25, 0.3) is 10.9 Å². The highest BCUT2D eigenvalue weighted by Crippen LogP contribution is 2.42.